The molecule has 1 rings (SSSR count). The van der Waals surface area contributed by atoms with Crippen LogP contribution in [0.2, 0.25) is 5.02 Å². The summed E-state index contributed by atoms with van der Waals surface area (Å²) in [6.07, 6.45) is 2.53. The normalized spacial score (nSPS) is 12.1. The quantitative estimate of drug-likeness (QED) is 0.781. The van der Waals surface area contributed by atoms with E-state index in [1.807, 2.05) is 18.2 Å². The van der Waals surface area contributed by atoms with Gasteiger partial charge in [-0.05, 0) is 24.5 Å². The van der Waals surface area contributed by atoms with Gasteiger partial charge in [-0.2, -0.15) is 0 Å². The number of hydrogen-bond acceptors (Lipinski definition) is 1. The number of benzene rings is 1. The van der Waals surface area contributed by atoms with Crippen LogP contribution in [0.5, 0.6) is 0 Å². The van der Waals surface area contributed by atoms with Crippen molar-refractivity contribution >= 4 is 17.6 Å². The van der Waals surface area contributed by atoms with E-state index >= 15 is 0 Å². The van der Waals surface area contributed by atoms with E-state index < -0.39 is 11.9 Å². The van der Waals surface area contributed by atoms with Crippen LogP contribution >= 0.6 is 11.6 Å². The minimum atomic E-state index is -0.810. The van der Waals surface area contributed by atoms with Crippen molar-refractivity contribution in [3.8, 4) is 0 Å². The first-order valence-electron chi connectivity index (χ1n) is 4.72. The lowest BCUT2D eigenvalue weighted by Crippen LogP contribution is -2.15. The Morgan fingerprint density at radius 2 is 2.20 bits per heavy atom. The molecule has 0 bridgehead atoms. The maximum Gasteiger partial charge on any atom is 0.307 e. The van der Waals surface area contributed by atoms with Crippen LogP contribution in [-0.4, -0.2) is 11.1 Å². The predicted molar refractivity (Wildman–Crippen MR) is 61.1 cm³/mol. The molecule has 0 amide bonds. The van der Waals surface area contributed by atoms with E-state index in [0.29, 0.717) is 17.9 Å². The highest BCUT2D eigenvalue weighted by molar-refractivity contribution is 6.31. The Balaban J connectivity index is 2.78. The Bertz CT molecular complexity index is 360. The maximum atomic E-state index is 10.9. The summed E-state index contributed by atoms with van der Waals surface area (Å²) in [5.74, 6) is -1.25. The molecule has 0 aliphatic carbocycles. The molecule has 0 aliphatic heterocycles. The number of hydrogen-bond donors (Lipinski definition) is 1. The second-order valence-electron chi connectivity index (χ2n) is 3.36. The second-order valence-corrected chi connectivity index (χ2v) is 3.76. The molecule has 2 nitrogen and oxygen atoms in total. The Labute approximate surface area is 94.2 Å². The van der Waals surface area contributed by atoms with E-state index in [1.54, 1.807) is 12.1 Å². The first kappa shape index (κ1) is 11.8. The molecule has 1 aromatic carbocycles. The van der Waals surface area contributed by atoms with Gasteiger partial charge in [-0.3, -0.25) is 4.79 Å². The third-order valence-electron chi connectivity index (χ3n) is 2.22. The van der Waals surface area contributed by atoms with Crippen molar-refractivity contribution < 1.29 is 9.90 Å². The fourth-order valence-corrected chi connectivity index (χ4v) is 1.61. The van der Waals surface area contributed by atoms with E-state index in [-0.39, 0.29) is 0 Å². The molecule has 0 spiro atoms. The van der Waals surface area contributed by atoms with E-state index in [0.717, 1.165) is 5.56 Å². The van der Waals surface area contributed by atoms with Gasteiger partial charge in [0, 0.05) is 5.02 Å². The summed E-state index contributed by atoms with van der Waals surface area (Å²) >= 11 is 5.95. The predicted octanol–water partition coefficient (Wildman–Crippen LogP) is 3.16. The van der Waals surface area contributed by atoms with Gasteiger partial charge < -0.3 is 5.11 Å². The van der Waals surface area contributed by atoms with Crippen LogP contribution in [0.1, 0.15) is 12.0 Å². The standard InChI is InChI=1S/C12H13ClO2/c1-2-5-10(12(14)15)8-9-6-3-4-7-11(9)13/h2-4,6-7,10H,1,5,8H2,(H,14,15). The molecule has 0 heterocycles. The van der Waals surface area contributed by atoms with E-state index in [1.165, 1.54) is 0 Å². The van der Waals surface area contributed by atoms with Gasteiger partial charge >= 0.3 is 5.97 Å². The lowest BCUT2D eigenvalue weighted by molar-refractivity contribution is -0.141. The van der Waals surface area contributed by atoms with Crippen molar-refractivity contribution in [3.63, 3.8) is 0 Å². The molecule has 80 valence electrons. The summed E-state index contributed by atoms with van der Waals surface area (Å²) in [7, 11) is 0. The van der Waals surface area contributed by atoms with E-state index in [9.17, 15) is 4.79 Å². The molecular formula is C12H13ClO2. The summed E-state index contributed by atoms with van der Waals surface area (Å²) in [6, 6.07) is 7.30. The van der Waals surface area contributed by atoms with Crippen molar-refractivity contribution in [2.45, 2.75) is 12.8 Å². The molecule has 15 heavy (non-hydrogen) atoms. The van der Waals surface area contributed by atoms with Crippen LogP contribution in [0.25, 0.3) is 0 Å². The van der Waals surface area contributed by atoms with Gasteiger partial charge in [0.05, 0.1) is 5.92 Å². The number of aliphatic carboxylic acids is 1. The Hall–Kier alpha value is -1.28. The molecule has 1 aromatic rings. The number of carbonyl (C=O) groups is 1. The molecule has 1 N–H and O–H groups in total. The molecule has 0 saturated heterocycles. The Morgan fingerprint density at radius 3 is 2.73 bits per heavy atom. The van der Waals surface area contributed by atoms with Gasteiger partial charge in [0.1, 0.15) is 0 Å². The minimum Gasteiger partial charge on any atom is -0.481 e. The molecule has 1 atom stereocenters. The van der Waals surface area contributed by atoms with Crippen molar-refractivity contribution in [2.24, 2.45) is 5.92 Å². The van der Waals surface area contributed by atoms with Crippen LogP contribution < -0.4 is 0 Å². The molecule has 0 fully saturated rings. The Kier molecular flexibility index (Phi) is 4.37. The van der Waals surface area contributed by atoms with Crippen molar-refractivity contribution in [1.29, 1.82) is 0 Å². The average Bonchev–Trinajstić information content (AvgIpc) is 2.20. The fraction of sp³-hybridized carbons (Fsp3) is 0.250. The molecule has 0 aromatic heterocycles. The maximum absolute atomic E-state index is 10.9. The first-order chi connectivity index (χ1) is 7.15. The largest absolute Gasteiger partial charge is 0.481 e. The zero-order valence-corrected chi connectivity index (χ0v) is 9.07. The van der Waals surface area contributed by atoms with E-state index in [2.05, 4.69) is 6.58 Å². The third kappa shape index (κ3) is 3.40. The zero-order valence-electron chi connectivity index (χ0n) is 8.32. The third-order valence-corrected chi connectivity index (χ3v) is 2.59. The van der Waals surface area contributed by atoms with Gasteiger partial charge in [-0.15, -0.1) is 6.58 Å². The molecule has 3 heteroatoms. The van der Waals surface area contributed by atoms with Crippen LogP contribution in [0, 0.1) is 5.92 Å². The van der Waals surface area contributed by atoms with Crippen LogP contribution in [0.15, 0.2) is 36.9 Å². The lowest BCUT2D eigenvalue weighted by Gasteiger charge is -2.10. The molecule has 0 radical (unpaired) electrons. The second kappa shape index (κ2) is 5.56. The SMILES string of the molecule is C=CCC(Cc1ccccc1Cl)C(=O)O. The summed E-state index contributed by atoms with van der Waals surface area (Å²) in [5.41, 5.74) is 0.869. The fourth-order valence-electron chi connectivity index (χ4n) is 1.40. The lowest BCUT2D eigenvalue weighted by atomic mass is 9.96. The molecule has 1 unspecified atom stereocenters. The number of halogens is 1. The Morgan fingerprint density at radius 1 is 1.53 bits per heavy atom. The van der Waals surface area contributed by atoms with Gasteiger partial charge in [0.2, 0.25) is 0 Å². The molecule has 0 aliphatic rings. The van der Waals surface area contributed by atoms with Crippen LogP contribution in [-0.2, 0) is 11.2 Å². The highest BCUT2D eigenvalue weighted by atomic mass is 35.5. The minimum absolute atomic E-state index is 0.442. The summed E-state index contributed by atoms with van der Waals surface area (Å²) in [4.78, 5) is 10.9. The van der Waals surface area contributed by atoms with Gasteiger partial charge in [0.15, 0.2) is 0 Å². The van der Waals surface area contributed by atoms with Gasteiger partial charge in [-0.25, -0.2) is 0 Å². The number of allylic oxidation sites excluding steroid dienone is 1. The summed E-state index contributed by atoms with van der Waals surface area (Å²) in [6.45, 7) is 3.55. The van der Waals surface area contributed by atoms with E-state index in [4.69, 9.17) is 16.7 Å². The molecule has 0 saturated carbocycles. The monoisotopic (exact) mass is 224 g/mol. The van der Waals surface area contributed by atoms with Crippen LogP contribution in [0.3, 0.4) is 0 Å². The number of rotatable bonds is 5. The highest BCUT2D eigenvalue weighted by Gasteiger charge is 2.17. The van der Waals surface area contributed by atoms with Crippen molar-refractivity contribution in [3.05, 3.63) is 47.5 Å². The molecular weight excluding hydrogens is 212 g/mol. The topological polar surface area (TPSA) is 37.3 Å². The smallest absolute Gasteiger partial charge is 0.307 e. The zero-order chi connectivity index (χ0) is 11.3. The van der Waals surface area contributed by atoms with Gasteiger partial charge in [-0.1, -0.05) is 35.9 Å². The van der Waals surface area contributed by atoms with Crippen molar-refractivity contribution in [2.75, 3.05) is 0 Å². The van der Waals surface area contributed by atoms with Crippen molar-refractivity contribution in [1.82, 2.24) is 0 Å². The average molecular weight is 225 g/mol. The highest BCUT2D eigenvalue weighted by Crippen LogP contribution is 2.20. The first-order valence-corrected chi connectivity index (χ1v) is 5.10. The summed E-state index contributed by atoms with van der Waals surface area (Å²) in [5, 5.41) is 9.58. The van der Waals surface area contributed by atoms with Gasteiger partial charge in [0.25, 0.3) is 0 Å². The number of carboxylic acid groups (broad SMARTS) is 1. The summed E-state index contributed by atoms with van der Waals surface area (Å²) < 4.78 is 0. The van der Waals surface area contributed by atoms with Crippen LogP contribution in [0.4, 0.5) is 0 Å². The number of carboxylic acids is 1.